The molecule has 1 aromatic carbocycles. The van der Waals surface area contributed by atoms with Crippen LogP contribution in [-0.4, -0.2) is 47.2 Å². The van der Waals surface area contributed by atoms with Gasteiger partial charge in [0.2, 0.25) is 0 Å². The molecule has 1 spiro atoms. The molecule has 0 unspecified atom stereocenters. The van der Waals surface area contributed by atoms with E-state index in [-0.39, 0.29) is 11.4 Å². The first-order chi connectivity index (χ1) is 13.1. The van der Waals surface area contributed by atoms with Gasteiger partial charge in [-0.3, -0.25) is 4.79 Å². The van der Waals surface area contributed by atoms with Crippen LogP contribution >= 0.6 is 0 Å². The monoisotopic (exact) mass is 369 g/mol. The summed E-state index contributed by atoms with van der Waals surface area (Å²) in [6.45, 7) is 3.92. The van der Waals surface area contributed by atoms with Gasteiger partial charge < -0.3 is 19.5 Å². The number of hydrogen-bond acceptors (Lipinski definition) is 3. The largest absolute Gasteiger partial charge is 0.497 e. The van der Waals surface area contributed by atoms with Crippen LogP contribution in [0.15, 0.2) is 24.3 Å². The number of fused-ring (bicyclic) bond motifs is 1. The predicted molar refractivity (Wildman–Crippen MR) is 108 cm³/mol. The first kappa shape index (κ1) is 18.4. The summed E-state index contributed by atoms with van der Waals surface area (Å²) in [5.74, 6) is 0.999. The molecule has 2 aromatic rings. The van der Waals surface area contributed by atoms with E-state index in [0.717, 1.165) is 54.7 Å². The SMILES string of the molecule is CCN[C@@H]1CN(C(=O)c2cc3cc(OC)ccc3n2C)C2(CCCCC2)C1. The minimum atomic E-state index is 0.0380. The lowest BCUT2D eigenvalue weighted by molar-refractivity contribution is 0.0491. The van der Waals surface area contributed by atoms with Crippen molar-refractivity contribution in [2.75, 3.05) is 20.2 Å². The van der Waals surface area contributed by atoms with Crippen LogP contribution in [0.5, 0.6) is 5.75 Å². The third-order valence-corrected chi connectivity index (χ3v) is 6.59. The van der Waals surface area contributed by atoms with E-state index in [1.54, 1.807) is 7.11 Å². The molecule has 1 amide bonds. The second-order valence-electron chi connectivity index (χ2n) is 8.17. The van der Waals surface area contributed by atoms with E-state index in [1.165, 1.54) is 19.3 Å². The summed E-state index contributed by atoms with van der Waals surface area (Å²) in [4.78, 5) is 15.9. The van der Waals surface area contributed by atoms with Gasteiger partial charge in [-0.15, -0.1) is 0 Å². The summed E-state index contributed by atoms with van der Waals surface area (Å²) in [6, 6.07) is 8.43. The summed E-state index contributed by atoms with van der Waals surface area (Å²) >= 11 is 0. The fourth-order valence-corrected chi connectivity index (χ4v) is 5.25. The van der Waals surface area contributed by atoms with Gasteiger partial charge in [-0.25, -0.2) is 0 Å². The van der Waals surface area contributed by atoms with Gasteiger partial charge in [-0.05, 0) is 50.1 Å². The van der Waals surface area contributed by atoms with Crippen molar-refractivity contribution in [2.45, 2.75) is 57.0 Å². The third-order valence-electron chi connectivity index (χ3n) is 6.59. The van der Waals surface area contributed by atoms with E-state index < -0.39 is 0 Å². The highest BCUT2D eigenvalue weighted by atomic mass is 16.5. The average Bonchev–Trinajstić information content (AvgIpc) is 3.19. The molecule has 2 heterocycles. The van der Waals surface area contributed by atoms with E-state index in [4.69, 9.17) is 4.74 Å². The van der Waals surface area contributed by atoms with Crippen molar-refractivity contribution in [3.63, 3.8) is 0 Å². The van der Waals surface area contributed by atoms with Crippen LogP contribution in [0.1, 0.15) is 55.9 Å². The molecule has 1 saturated heterocycles. The first-order valence-corrected chi connectivity index (χ1v) is 10.3. The maximum absolute atomic E-state index is 13.7. The van der Waals surface area contributed by atoms with Crippen LogP contribution in [0.2, 0.25) is 0 Å². The van der Waals surface area contributed by atoms with E-state index in [2.05, 4.69) is 17.1 Å². The minimum Gasteiger partial charge on any atom is -0.497 e. The van der Waals surface area contributed by atoms with Crippen LogP contribution in [0, 0.1) is 0 Å². The molecule has 1 saturated carbocycles. The third kappa shape index (κ3) is 3.12. The summed E-state index contributed by atoms with van der Waals surface area (Å²) in [5, 5.41) is 4.65. The summed E-state index contributed by atoms with van der Waals surface area (Å²) in [5.41, 5.74) is 1.88. The number of nitrogens with zero attached hydrogens (tertiary/aromatic N) is 2. The van der Waals surface area contributed by atoms with Gasteiger partial charge in [0, 0.05) is 36.1 Å². The number of methoxy groups -OCH3 is 1. The van der Waals surface area contributed by atoms with Gasteiger partial charge in [0.15, 0.2) is 0 Å². The molecule has 1 N–H and O–H groups in total. The summed E-state index contributed by atoms with van der Waals surface area (Å²) < 4.78 is 7.39. The Balaban J connectivity index is 1.69. The van der Waals surface area contributed by atoms with Gasteiger partial charge in [0.1, 0.15) is 11.4 Å². The minimum absolute atomic E-state index is 0.0380. The van der Waals surface area contributed by atoms with Crippen LogP contribution in [-0.2, 0) is 7.05 Å². The van der Waals surface area contributed by atoms with Gasteiger partial charge >= 0.3 is 0 Å². The second-order valence-corrected chi connectivity index (χ2v) is 8.17. The Morgan fingerprint density at radius 3 is 2.74 bits per heavy atom. The van der Waals surface area contributed by atoms with Crippen molar-refractivity contribution in [1.82, 2.24) is 14.8 Å². The molecule has 2 aliphatic rings. The number of likely N-dealkylation sites (tertiary alicyclic amines) is 1. The van der Waals surface area contributed by atoms with Crippen LogP contribution in [0.25, 0.3) is 10.9 Å². The number of nitrogens with one attached hydrogen (secondary N) is 1. The number of benzene rings is 1. The molecular formula is C22H31N3O2. The van der Waals surface area contributed by atoms with Crippen LogP contribution < -0.4 is 10.1 Å². The highest BCUT2D eigenvalue weighted by Gasteiger charge is 2.48. The highest BCUT2D eigenvalue weighted by Crippen LogP contribution is 2.42. The molecule has 146 valence electrons. The summed E-state index contributed by atoms with van der Waals surface area (Å²) in [7, 11) is 3.67. The molecule has 27 heavy (non-hydrogen) atoms. The zero-order valence-electron chi connectivity index (χ0n) is 16.8. The number of aromatic nitrogens is 1. The van der Waals surface area contributed by atoms with Crippen LogP contribution in [0.4, 0.5) is 0 Å². The molecule has 1 aliphatic carbocycles. The number of rotatable bonds is 4. The van der Waals surface area contributed by atoms with E-state index in [0.29, 0.717) is 6.04 Å². The van der Waals surface area contributed by atoms with Gasteiger partial charge in [0.25, 0.3) is 5.91 Å². The molecule has 1 atom stereocenters. The Morgan fingerprint density at radius 2 is 2.04 bits per heavy atom. The van der Waals surface area contributed by atoms with Crippen molar-refractivity contribution in [2.24, 2.45) is 7.05 Å². The van der Waals surface area contributed by atoms with Crippen molar-refractivity contribution in [3.8, 4) is 5.75 Å². The Labute approximate surface area is 161 Å². The molecule has 0 radical (unpaired) electrons. The lowest BCUT2D eigenvalue weighted by Crippen LogP contribution is -2.48. The maximum Gasteiger partial charge on any atom is 0.271 e. The van der Waals surface area contributed by atoms with Crippen molar-refractivity contribution >= 4 is 16.8 Å². The zero-order chi connectivity index (χ0) is 19.0. The van der Waals surface area contributed by atoms with Gasteiger partial charge in [-0.1, -0.05) is 26.2 Å². The smallest absolute Gasteiger partial charge is 0.271 e. The molecule has 2 fully saturated rings. The van der Waals surface area contributed by atoms with E-state index >= 15 is 0 Å². The van der Waals surface area contributed by atoms with E-state index in [1.807, 2.05) is 35.9 Å². The fraction of sp³-hybridized carbons (Fsp3) is 0.591. The lowest BCUT2D eigenvalue weighted by Gasteiger charge is -2.41. The Kier molecular flexibility index (Phi) is 4.89. The second kappa shape index (κ2) is 7.19. The molecule has 0 bridgehead atoms. The number of amides is 1. The Hall–Kier alpha value is -2.01. The number of ether oxygens (including phenoxy) is 1. The number of carbonyl (C=O) groups is 1. The standard InChI is InChI=1S/C22H31N3O2/c1-4-23-17-14-22(10-6-5-7-11-22)25(15-17)21(26)20-13-16-12-18(27-3)8-9-19(16)24(20)2/h8-9,12-13,17,23H,4-7,10-11,14-15H2,1-3H3/t17-/m0/s1. The van der Waals surface area contributed by atoms with Crippen LogP contribution in [0.3, 0.4) is 0 Å². The Bertz CT molecular complexity index is 835. The average molecular weight is 370 g/mol. The van der Waals surface area contributed by atoms with Gasteiger partial charge in [0.05, 0.1) is 7.11 Å². The molecule has 4 rings (SSSR count). The first-order valence-electron chi connectivity index (χ1n) is 10.3. The lowest BCUT2D eigenvalue weighted by atomic mass is 9.79. The molecular weight excluding hydrogens is 338 g/mol. The Morgan fingerprint density at radius 1 is 1.26 bits per heavy atom. The van der Waals surface area contributed by atoms with Crippen molar-refractivity contribution in [3.05, 3.63) is 30.0 Å². The topological polar surface area (TPSA) is 46.5 Å². The predicted octanol–water partition coefficient (Wildman–Crippen LogP) is 3.71. The number of aryl methyl sites for hydroxylation is 1. The van der Waals surface area contributed by atoms with E-state index in [9.17, 15) is 4.79 Å². The number of likely N-dealkylation sites (N-methyl/N-ethyl adjacent to an activating group) is 1. The fourth-order valence-electron chi connectivity index (χ4n) is 5.25. The zero-order valence-corrected chi connectivity index (χ0v) is 16.8. The normalized spacial score (nSPS) is 21.9. The summed E-state index contributed by atoms with van der Waals surface area (Å²) in [6.07, 6.45) is 7.12. The molecule has 5 heteroatoms. The molecule has 1 aromatic heterocycles. The van der Waals surface area contributed by atoms with Crippen molar-refractivity contribution < 1.29 is 9.53 Å². The van der Waals surface area contributed by atoms with Gasteiger partial charge in [-0.2, -0.15) is 0 Å². The number of carbonyl (C=O) groups excluding carboxylic acids is 1. The molecule has 5 nitrogen and oxygen atoms in total. The van der Waals surface area contributed by atoms with Crippen molar-refractivity contribution in [1.29, 1.82) is 0 Å². The highest BCUT2D eigenvalue weighted by molar-refractivity contribution is 5.99. The molecule has 1 aliphatic heterocycles. The maximum atomic E-state index is 13.7. The quantitative estimate of drug-likeness (QED) is 0.894. The number of hydrogen-bond donors (Lipinski definition) is 1.